The molecule has 0 aliphatic carbocycles. The van der Waals surface area contributed by atoms with Crippen molar-refractivity contribution in [1.82, 2.24) is 0 Å². The first kappa shape index (κ1) is 31.9. The van der Waals surface area contributed by atoms with Crippen LogP contribution < -0.4 is 66.1 Å². The van der Waals surface area contributed by atoms with E-state index >= 15 is 0 Å². The fourth-order valence-corrected chi connectivity index (χ4v) is 0. The van der Waals surface area contributed by atoms with Crippen molar-refractivity contribution >= 4 is 46.5 Å². The van der Waals surface area contributed by atoms with Gasteiger partial charge in [-0.2, -0.15) is 0 Å². The van der Waals surface area contributed by atoms with Crippen LogP contribution in [0.4, 0.5) is 0 Å². The van der Waals surface area contributed by atoms with Crippen LogP contribution in [0.25, 0.3) is 0 Å². The van der Waals surface area contributed by atoms with E-state index in [0.29, 0.717) is 0 Å². The zero-order valence-electron chi connectivity index (χ0n) is 8.18. The summed E-state index contributed by atoms with van der Waals surface area (Å²) in [4.78, 5) is 68.8. The van der Waals surface area contributed by atoms with E-state index in [0.717, 1.165) is 0 Å². The minimum Gasteiger partial charge on any atom is -0.756 e. The summed E-state index contributed by atoms with van der Waals surface area (Å²) in [7, 11) is -14.7. The average molecular weight is 354 g/mol. The molecule has 0 unspecified atom stereocenters. The van der Waals surface area contributed by atoms with Crippen molar-refractivity contribution in [2.24, 2.45) is 0 Å². The molecule has 0 saturated carbocycles. The van der Waals surface area contributed by atoms with Crippen LogP contribution in [0, 0.1) is 0 Å². The molecule has 0 aromatic carbocycles. The Labute approximate surface area is 153 Å². The van der Waals surface area contributed by atoms with E-state index < -0.39 is 23.5 Å². The molecule has 6 N–H and O–H groups in total. The number of phosphoric acid groups is 3. The molecular weight excluding hydrogens is 348 g/mol. The maximum Gasteiger partial charge on any atom is 2.00 e. The Kier molecular flexibility index (Phi) is 25.7. The molecule has 17 heteroatoms. The summed E-state index contributed by atoms with van der Waals surface area (Å²) in [6.07, 6.45) is 0. The van der Waals surface area contributed by atoms with Crippen molar-refractivity contribution in [3.63, 3.8) is 0 Å². The molecule has 0 atom stereocenters. The van der Waals surface area contributed by atoms with Gasteiger partial charge in [0.2, 0.25) is 0 Å². The second kappa shape index (κ2) is 13.7. The van der Waals surface area contributed by atoms with Gasteiger partial charge in [0, 0.05) is 0 Å². The van der Waals surface area contributed by atoms with Gasteiger partial charge in [-0.05, 0) is 0 Å². The molecular formula is H6KMgO12P3. The van der Waals surface area contributed by atoms with Gasteiger partial charge in [-0.25, -0.2) is 0 Å². The standard InChI is InChI=1S/K.Mg.3H3O4P/c;;3*1-5(2,3)4/h;;3*(H3,1,2,3,4)/q+1;+2;;;/p-3. The Hall–Kier alpha value is 2.73. The molecule has 0 spiro atoms. The fourth-order valence-electron chi connectivity index (χ4n) is 0. The van der Waals surface area contributed by atoms with Gasteiger partial charge < -0.3 is 44.0 Å². The second-order valence-corrected chi connectivity index (χ2v) is 4.42. The van der Waals surface area contributed by atoms with Crippen molar-refractivity contribution in [2.75, 3.05) is 0 Å². The molecule has 0 aliphatic rings. The summed E-state index contributed by atoms with van der Waals surface area (Å²) in [6, 6.07) is 0. The van der Waals surface area contributed by atoms with E-state index in [1.54, 1.807) is 0 Å². The number of rotatable bonds is 0. The Balaban J connectivity index is -0.0000000400. The van der Waals surface area contributed by atoms with Crippen molar-refractivity contribution in [1.29, 1.82) is 0 Å². The summed E-state index contributed by atoms with van der Waals surface area (Å²) in [5.41, 5.74) is 0. The molecule has 0 aromatic heterocycles. The van der Waals surface area contributed by atoms with Gasteiger partial charge in [-0.3, -0.25) is 13.7 Å². The molecule has 0 amide bonds. The molecule has 17 heavy (non-hydrogen) atoms. The van der Waals surface area contributed by atoms with Crippen LogP contribution in [0.3, 0.4) is 0 Å². The molecule has 0 saturated heterocycles. The van der Waals surface area contributed by atoms with Crippen molar-refractivity contribution < 1.29 is 109 Å². The van der Waals surface area contributed by atoms with Crippen LogP contribution in [0.1, 0.15) is 0 Å². The van der Waals surface area contributed by atoms with Gasteiger partial charge in [-0.1, -0.05) is 0 Å². The van der Waals surface area contributed by atoms with Crippen molar-refractivity contribution in [3.8, 4) is 0 Å². The van der Waals surface area contributed by atoms with E-state index in [2.05, 4.69) is 0 Å². The zero-order chi connectivity index (χ0) is 13.5. The van der Waals surface area contributed by atoms with Gasteiger partial charge in [0.15, 0.2) is 0 Å². The Bertz CT molecular complexity index is 208. The fraction of sp³-hybridized carbons (Fsp3) is 0. The van der Waals surface area contributed by atoms with Crippen molar-refractivity contribution in [3.05, 3.63) is 0 Å². The van der Waals surface area contributed by atoms with Crippen LogP contribution >= 0.6 is 23.5 Å². The average Bonchev–Trinajstić information content (AvgIpc) is 1.41. The molecule has 0 radical (unpaired) electrons. The topological polar surface area (TPSA) is 242 Å². The number of hydrogen-bond acceptors (Lipinski definition) is 6. The first-order valence-electron chi connectivity index (χ1n) is 2.30. The molecule has 0 bridgehead atoms. The van der Waals surface area contributed by atoms with Crippen LogP contribution in [-0.2, 0) is 13.7 Å². The predicted octanol–water partition coefficient (Wildman–Crippen LogP) is -8.06. The molecule has 0 rings (SSSR count). The minimum atomic E-state index is -4.89. The zero-order valence-corrected chi connectivity index (χ0v) is 15.4. The van der Waals surface area contributed by atoms with Gasteiger partial charge >= 0.3 is 74.4 Å². The maximum atomic E-state index is 8.77. The summed E-state index contributed by atoms with van der Waals surface area (Å²) in [5.74, 6) is 0. The minimum absolute atomic E-state index is 0. The first-order valence-corrected chi connectivity index (χ1v) is 6.89. The Morgan fingerprint density at radius 2 is 0.588 bits per heavy atom. The molecule has 0 heterocycles. The maximum absolute atomic E-state index is 8.77. The van der Waals surface area contributed by atoms with E-state index in [9.17, 15) is 0 Å². The number of hydrogen-bond donors (Lipinski definition) is 6. The Morgan fingerprint density at radius 1 is 0.588 bits per heavy atom. The van der Waals surface area contributed by atoms with Crippen LogP contribution in [0.5, 0.6) is 0 Å². The molecule has 96 valence electrons. The Morgan fingerprint density at radius 3 is 0.588 bits per heavy atom. The van der Waals surface area contributed by atoms with Crippen LogP contribution in [0.15, 0.2) is 0 Å². The second-order valence-electron chi connectivity index (χ2n) is 1.47. The third-order valence-corrected chi connectivity index (χ3v) is 0. The van der Waals surface area contributed by atoms with E-state index in [-0.39, 0.29) is 74.4 Å². The van der Waals surface area contributed by atoms with Gasteiger partial charge in [0.1, 0.15) is 0 Å². The summed E-state index contributed by atoms with van der Waals surface area (Å²) in [5, 5.41) is 0. The summed E-state index contributed by atoms with van der Waals surface area (Å²) < 4.78 is 26.3. The van der Waals surface area contributed by atoms with Gasteiger partial charge in [0.05, 0.1) is 0 Å². The van der Waals surface area contributed by atoms with Gasteiger partial charge in [0.25, 0.3) is 23.5 Å². The first-order chi connectivity index (χ1) is 6.00. The smallest absolute Gasteiger partial charge is 0.756 e. The van der Waals surface area contributed by atoms with Crippen LogP contribution in [0.2, 0.25) is 0 Å². The monoisotopic (exact) mass is 354 g/mol. The van der Waals surface area contributed by atoms with Crippen LogP contribution in [-0.4, -0.2) is 52.4 Å². The molecule has 0 fully saturated rings. The SMILES string of the molecule is O=P([O-])(O)O.O=P([O-])(O)O.O=P([O-])(O)O.[K+].[Mg+2]. The van der Waals surface area contributed by atoms with Gasteiger partial charge in [-0.15, -0.1) is 0 Å². The third-order valence-electron chi connectivity index (χ3n) is 0. The molecule has 0 aliphatic heterocycles. The van der Waals surface area contributed by atoms with Crippen molar-refractivity contribution in [2.45, 2.75) is 0 Å². The summed E-state index contributed by atoms with van der Waals surface area (Å²) in [6.45, 7) is 0. The quantitative estimate of drug-likeness (QED) is 0.175. The predicted molar refractivity (Wildman–Crippen MR) is 41.9 cm³/mol. The molecule has 0 aromatic rings. The summed E-state index contributed by atoms with van der Waals surface area (Å²) >= 11 is 0. The largest absolute Gasteiger partial charge is 2.00 e. The third kappa shape index (κ3) is 702. The van der Waals surface area contributed by atoms with E-state index in [1.165, 1.54) is 0 Å². The van der Waals surface area contributed by atoms with E-state index in [1.807, 2.05) is 0 Å². The molecule has 12 nitrogen and oxygen atoms in total. The van der Waals surface area contributed by atoms with E-state index in [4.69, 9.17) is 57.7 Å². The normalized spacial score (nSPS) is 10.4.